The minimum atomic E-state index is -0.190. The fourth-order valence-electron chi connectivity index (χ4n) is 3.90. The Bertz CT molecular complexity index is 591. The van der Waals surface area contributed by atoms with E-state index in [-0.39, 0.29) is 29.2 Å². The van der Waals surface area contributed by atoms with Gasteiger partial charge in [-0.15, -0.1) is 0 Å². The summed E-state index contributed by atoms with van der Waals surface area (Å²) in [6, 6.07) is 10.7. The third kappa shape index (κ3) is 3.33. The summed E-state index contributed by atoms with van der Waals surface area (Å²) in [5.74, 6) is -0.0169. The van der Waals surface area contributed by atoms with Crippen molar-refractivity contribution in [1.82, 2.24) is 10.2 Å². The van der Waals surface area contributed by atoms with Crippen LogP contribution in [-0.2, 0) is 15.0 Å². The summed E-state index contributed by atoms with van der Waals surface area (Å²) in [7, 11) is 0. The van der Waals surface area contributed by atoms with Gasteiger partial charge in [-0.3, -0.25) is 9.59 Å². The standard InChI is InChI=1S/C20H28N2O2/c1-3-17(4-2)22-13-15(12-18(22)23)19(24)21-14-20(10-11-20)16-8-6-5-7-9-16/h5-9,15,17H,3-4,10-14H2,1-2H3,(H,21,24). The summed E-state index contributed by atoms with van der Waals surface area (Å²) in [6.45, 7) is 5.47. The van der Waals surface area contributed by atoms with Gasteiger partial charge in [-0.05, 0) is 31.2 Å². The summed E-state index contributed by atoms with van der Waals surface area (Å²) in [5.41, 5.74) is 1.43. The first-order chi connectivity index (χ1) is 11.6. The van der Waals surface area contributed by atoms with Crippen LogP contribution in [0.4, 0.5) is 0 Å². The van der Waals surface area contributed by atoms with Crippen LogP contribution >= 0.6 is 0 Å². The van der Waals surface area contributed by atoms with Gasteiger partial charge in [0.25, 0.3) is 0 Å². The highest BCUT2D eigenvalue weighted by Crippen LogP contribution is 2.47. The molecule has 2 fully saturated rings. The average molecular weight is 328 g/mol. The van der Waals surface area contributed by atoms with Crippen molar-refractivity contribution in [2.45, 2.75) is 57.4 Å². The van der Waals surface area contributed by atoms with Crippen LogP contribution in [0.5, 0.6) is 0 Å². The van der Waals surface area contributed by atoms with Crippen molar-refractivity contribution < 1.29 is 9.59 Å². The first kappa shape index (κ1) is 17.0. The van der Waals surface area contributed by atoms with Gasteiger partial charge in [0, 0.05) is 31.0 Å². The average Bonchev–Trinajstić information content (AvgIpc) is 3.32. The Morgan fingerprint density at radius 3 is 2.50 bits per heavy atom. The van der Waals surface area contributed by atoms with Gasteiger partial charge in [0.1, 0.15) is 0 Å². The Morgan fingerprint density at radius 2 is 1.92 bits per heavy atom. The van der Waals surface area contributed by atoms with Crippen LogP contribution in [0.3, 0.4) is 0 Å². The number of carbonyl (C=O) groups excluding carboxylic acids is 2. The largest absolute Gasteiger partial charge is 0.355 e. The molecule has 1 atom stereocenters. The van der Waals surface area contributed by atoms with Crippen LogP contribution < -0.4 is 5.32 Å². The number of hydrogen-bond donors (Lipinski definition) is 1. The summed E-state index contributed by atoms with van der Waals surface area (Å²) in [6.07, 6.45) is 4.52. The zero-order valence-corrected chi connectivity index (χ0v) is 14.8. The zero-order chi connectivity index (χ0) is 17.2. The smallest absolute Gasteiger partial charge is 0.225 e. The van der Waals surface area contributed by atoms with E-state index in [1.54, 1.807) is 0 Å². The Hall–Kier alpha value is -1.84. The van der Waals surface area contributed by atoms with E-state index < -0.39 is 0 Å². The van der Waals surface area contributed by atoms with Crippen LogP contribution in [0.15, 0.2) is 30.3 Å². The van der Waals surface area contributed by atoms with Gasteiger partial charge in [0.15, 0.2) is 0 Å². The van der Waals surface area contributed by atoms with Crippen molar-refractivity contribution in [1.29, 1.82) is 0 Å². The topological polar surface area (TPSA) is 49.4 Å². The van der Waals surface area contributed by atoms with E-state index in [0.29, 0.717) is 19.5 Å². The first-order valence-electron chi connectivity index (χ1n) is 9.22. The van der Waals surface area contributed by atoms with Crippen molar-refractivity contribution in [2.75, 3.05) is 13.1 Å². The second-order valence-electron chi connectivity index (χ2n) is 7.28. The van der Waals surface area contributed by atoms with Crippen LogP contribution in [0, 0.1) is 5.92 Å². The molecule has 1 aliphatic heterocycles. The molecular weight excluding hydrogens is 300 g/mol. The fraction of sp³-hybridized carbons (Fsp3) is 0.600. The number of hydrogen-bond acceptors (Lipinski definition) is 2. The lowest BCUT2D eigenvalue weighted by atomic mass is 9.95. The van der Waals surface area contributed by atoms with E-state index in [1.807, 2.05) is 11.0 Å². The molecule has 0 bridgehead atoms. The Kier molecular flexibility index (Phi) is 4.93. The van der Waals surface area contributed by atoms with Crippen LogP contribution in [0.1, 0.15) is 51.5 Å². The second-order valence-corrected chi connectivity index (χ2v) is 7.28. The van der Waals surface area contributed by atoms with Crippen LogP contribution in [-0.4, -0.2) is 35.8 Å². The summed E-state index contributed by atoms with van der Waals surface area (Å²) >= 11 is 0. The van der Waals surface area contributed by atoms with Crippen molar-refractivity contribution in [2.24, 2.45) is 5.92 Å². The van der Waals surface area contributed by atoms with E-state index in [9.17, 15) is 9.59 Å². The third-order valence-electron chi connectivity index (χ3n) is 5.75. The number of rotatable bonds is 7. The minimum absolute atomic E-state index is 0.0408. The molecule has 2 aliphatic rings. The molecule has 1 saturated heterocycles. The molecule has 1 unspecified atom stereocenters. The normalized spacial score (nSPS) is 22.0. The third-order valence-corrected chi connectivity index (χ3v) is 5.75. The van der Waals surface area contributed by atoms with E-state index in [4.69, 9.17) is 0 Å². The van der Waals surface area contributed by atoms with Crippen LogP contribution in [0.25, 0.3) is 0 Å². The highest BCUT2D eigenvalue weighted by atomic mass is 16.2. The molecule has 24 heavy (non-hydrogen) atoms. The van der Waals surface area contributed by atoms with E-state index >= 15 is 0 Å². The number of nitrogens with one attached hydrogen (secondary N) is 1. The summed E-state index contributed by atoms with van der Waals surface area (Å²) < 4.78 is 0. The number of amides is 2. The van der Waals surface area contributed by atoms with Crippen molar-refractivity contribution >= 4 is 11.8 Å². The van der Waals surface area contributed by atoms with Gasteiger partial charge < -0.3 is 10.2 Å². The van der Waals surface area contributed by atoms with Gasteiger partial charge in [0.2, 0.25) is 11.8 Å². The molecule has 130 valence electrons. The highest BCUT2D eigenvalue weighted by Gasteiger charge is 2.45. The summed E-state index contributed by atoms with van der Waals surface area (Å²) in [4.78, 5) is 26.7. The van der Waals surface area contributed by atoms with E-state index in [1.165, 1.54) is 5.56 Å². The lowest BCUT2D eigenvalue weighted by Crippen LogP contribution is -2.39. The maximum atomic E-state index is 12.6. The molecule has 0 spiro atoms. The number of likely N-dealkylation sites (tertiary alicyclic amines) is 1. The SMILES string of the molecule is CCC(CC)N1CC(C(=O)NCC2(c3ccccc3)CC2)CC1=O. The monoisotopic (exact) mass is 328 g/mol. The van der Waals surface area contributed by atoms with Crippen LogP contribution in [0.2, 0.25) is 0 Å². The predicted octanol–water partition coefficient (Wildman–Crippen LogP) is 2.87. The second kappa shape index (κ2) is 6.96. The molecule has 3 rings (SSSR count). The van der Waals surface area contributed by atoms with Gasteiger partial charge in [-0.2, -0.15) is 0 Å². The quantitative estimate of drug-likeness (QED) is 0.837. The highest BCUT2D eigenvalue weighted by molar-refractivity contribution is 5.89. The lowest BCUT2D eigenvalue weighted by Gasteiger charge is -2.26. The molecule has 2 amide bonds. The minimum Gasteiger partial charge on any atom is -0.355 e. The number of benzene rings is 1. The van der Waals surface area contributed by atoms with Gasteiger partial charge in [-0.1, -0.05) is 44.2 Å². The van der Waals surface area contributed by atoms with E-state index in [2.05, 4.69) is 43.4 Å². The zero-order valence-electron chi connectivity index (χ0n) is 14.8. The predicted molar refractivity (Wildman–Crippen MR) is 94.6 cm³/mol. The van der Waals surface area contributed by atoms with E-state index in [0.717, 1.165) is 25.7 Å². The Labute approximate surface area is 144 Å². The fourth-order valence-corrected chi connectivity index (χ4v) is 3.90. The molecule has 0 radical (unpaired) electrons. The molecule has 4 nitrogen and oxygen atoms in total. The molecule has 1 aromatic carbocycles. The summed E-state index contributed by atoms with van der Waals surface area (Å²) in [5, 5.41) is 3.12. The number of nitrogens with zero attached hydrogens (tertiary/aromatic N) is 1. The van der Waals surface area contributed by atoms with Gasteiger partial charge in [0.05, 0.1) is 5.92 Å². The first-order valence-corrected chi connectivity index (χ1v) is 9.22. The van der Waals surface area contributed by atoms with Gasteiger partial charge >= 0.3 is 0 Å². The van der Waals surface area contributed by atoms with Crippen molar-refractivity contribution in [3.05, 3.63) is 35.9 Å². The molecule has 1 heterocycles. The number of carbonyl (C=O) groups is 2. The molecule has 1 aromatic rings. The molecule has 1 saturated carbocycles. The maximum Gasteiger partial charge on any atom is 0.225 e. The molecule has 0 aromatic heterocycles. The van der Waals surface area contributed by atoms with Gasteiger partial charge in [-0.25, -0.2) is 0 Å². The molecule has 1 aliphatic carbocycles. The van der Waals surface area contributed by atoms with Crippen molar-refractivity contribution in [3.63, 3.8) is 0 Å². The Balaban J connectivity index is 1.56. The Morgan fingerprint density at radius 1 is 1.25 bits per heavy atom. The molecular formula is C20H28N2O2. The van der Waals surface area contributed by atoms with Crippen molar-refractivity contribution in [3.8, 4) is 0 Å². The lowest BCUT2D eigenvalue weighted by molar-refractivity contribution is -0.130. The molecule has 4 heteroatoms. The maximum absolute atomic E-state index is 12.6. The molecule has 1 N–H and O–H groups in total.